The predicted molar refractivity (Wildman–Crippen MR) is 113 cm³/mol. The number of aliphatic hydroxyl groups excluding tert-OH is 1. The number of aliphatic hydroxyl groups is 1. The minimum atomic E-state index is -1.27. The van der Waals surface area contributed by atoms with Gasteiger partial charge < -0.3 is 14.6 Å². The zero-order valence-electron chi connectivity index (χ0n) is 18.5. The Morgan fingerprint density at radius 2 is 1.69 bits per heavy atom. The Kier molecular flexibility index (Phi) is 8.94. The van der Waals surface area contributed by atoms with Crippen LogP contribution in [0.3, 0.4) is 0 Å². The molecule has 0 saturated heterocycles. The molecule has 0 radical (unpaired) electrons. The molecule has 0 bridgehead atoms. The summed E-state index contributed by atoms with van der Waals surface area (Å²) in [5.74, 6) is -0.615. The van der Waals surface area contributed by atoms with Gasteiger partial charge in [0, 0.05) is 0 Å². The number of allylic oxidation sites excluding steroid dienone is 3. The van der Waals surface area contributed by atoms with Crippen LogP contribution in [-0.2, 0) is 19.1 Å². The van der Waals surface area contributed by atoms with Crippen LogP contribution in [0.15, 0.2) is 23.3 Å². The van der Waals surface area contributed by atoms with Gasteiger partial charge in [-0.05, 0) is 71.6 Å². The Labute approximate surface area is 175 Å². The first-order valence-electron chi connectivity index (χ1n) is 11.2. The van der Waals surface area contributed by atoms with Crippen molar-refractivity contribution in [2.75, 3.05) is 13.2 Å². The molecule has 5 heteroatoms. The lowest BCUT2D eigenvalue weighted by molar-refractivity contribution is -0.171. The standard InChI is InChI=1S/C24H38O5/c1-5-28-22(26)24(23(27)29-6-2)15-19(20(16-24)17(3)4)13-10-14-21(25)18-11-8-7-9-12-18/h10,13,18-19,21,25H,5-9,11-12,14-16H2,1-4H3/b13-10+/t19-,21+/m0/s1. The van der Waals surface area contributed by atoms with Crippen LogP contribution in [0, 0.1) is 17.3 Å². The van der Waals surface area contributed by atoms with Crippen molar-refractivity contribution in [3.63, 3.8) is 0 Å². The van der Waals surface area contributed by atoms with E-state index in [2.05, 4.69) is 6.08 Å². The van der Waals surface area contributed by atoms with E-state index in [1.807, 2.05) is 19.9 Å². The predicted octanol–water partition coefficient (Wildman–Crippen LogP) is 4.73. The van der Waals surface area contributed by atoms with Crippen LogP contribution in [0.5, 0.6) is 0 Å². The SMILES string of the molecule is CCOC(=O)C1(C(=O)OCC)CC(=C(C)C)[C@@H](/C=C/C[C@@H](O)C2CCCCC2)C1. The van der Waals surface area contributed by atoms with Crippen molar-refractivity contribution >= 4 is 11.9 Å². The molecule has 0 aromatic carbocycles. The molecule has 5 nitrogen and oxygen atoms in total. The molecule has 0 heterocycles. The highest BCUT2D eigenvalue weighted by atomic mass is 16.6. The van der Waals surface area contributed by atoms with E-state index in [0.29, 0.717) is 25.2 Å². The Balaban J connectivity index is 2.16. The maximum absolute atomic E-state index is 12.8. The molecule has 1 N–H and O–H groups in total. The highest BCUT2D eigenvalue weighted by Crippen LogP contribution is 2.49. The van der Waals surface area contributed by atoms with Crippen LogP contribution in [0.25, 0.3) is 0 Å². The van der Waals surface area contributed by atoms with Crippen LogP contribution in [0.1, 0.15) is 79.1 Å². The summed E-state index contributed by atoms with van der Waals surface area (Å²) in [6, 6.07) is 0. The van der Waals surface area contributed by atoms with Crippen LogP contribution in [-0.4, -0.2) is 36.4 Å². The van der Waals surface area contributed by atoms with E-state index in [1.54, 1.807) is 13.8 Å². The van der Waals surface area contributed by atoms with Gasteiger partial charge in [-0.15, -0.1) is 0 Å². The molecule has 0 amide bonds. The van der Waals surface area contributed by atoms with E-state index < -0.39 is 17.4 Å². The number of rotatable bonds is 8. The zero-order valence-corrected chi connectivity index (χ0v) is 18.5. The van der Waals surface area contributed by atoms with Gasteiger partial charge in [0.25, 0.3) is 0 Å². The summed E-state index contributed by atoms with van der Waals surface area (Å²) in [5.41, 5.74) is 0.938. The highest BCUT2D eigenvalue weighted by Gasteiger charge is 2.55. The van der Waals surface area contributed by atoms with Gasteiger partial charge in [-0.3, -0.25) is 9.59 Å². The lowest BCUT2D eigenvalue weighted by Gasteiger charge is -2.25. The van der Waals surface area contributed by atoms with Crippen LogP contribution in [0.4, 0.5) is 0 Å². The average Bonchev–Trinajstić information content (AvgIpc) is 3.10. The molecular formula is C24H38O5. The van der Waals surface area contributed by atoms with Crippen LogP contribution in [0.2, 0.25) is 0 Å². The smallest absolute Gasteiger partial charge is 0.323 e. The first-order valence-corrected chi connectivity index (χ1v) is 11.2. The molecule has 29 heavy (non-hydrogen) atoms. The Morgan fingerprint density at radius 3 is 2.21 bits per heavy atom. The average molecular weight is 407 g/mol. The summed E-state index contributed by atoms with van der Waals surface area (Å²) in [6.07, 6.45) is 11.0. The number of ether oxygens (including phenoxy) is 2. The summed E-state index contributed by atoms with van der Waals surface area (Å²) < 4.78 is 10.5. The molecular weight excluding hydrogens is 368 g/mol. The molecule has 2 atom stereocenters. The molecule has 2 rings (SSSR count). The van der Waals surface area contributed by atoms with Crippen LogP contribution >= 0.6 is 0 Å². The molecule has 2 aliphatic carbocycles. The van der Waals surface area contributed by atoms with E-state index >= 15 is 0 Å². The minimum absolute atomic E-state index is 0.0210. The second kappa shape index (κ2) is 11.0. The fourth-order valence-corrected chi connectivity index (χ4v) is 4.79. The van der Waals surface area contributed by atoms with Crippen molar-refractivity contribution in [3.05, 3.63) is 23.3 Å². The molecule has 0 aliphatic heterocycles. The quantitative estimate of drug-likeness (QED) is 0.358. The van der Waals surface area contributed by atoms with Crippen molar-refractivity contribution in [1.82, 2.24) is 0 Å². The number of carbonyl (C=O) groups excluding carboxylic acids is 2. The third kappa shape index (κ3) is 5.71. The van der Waals surface area contributed by atoms with Gasteiger partial charge in [-0.25, -0.2) is 0 Å². The van der Waals surface area contributed by atoms with E-state index in [-0.39, 0.29) is 25.2 Å². The van der Waals surface area contributed by atoms with E-state index in [9.17, 15) is 14.7 Å². The van der Waals surface area contributed by atoms with Gasteiger partial charge in [-0.1, -0.05) is 42.6 Å². The summed E-state index contributed by atoms with van der Waals surface area (Å²) in [5, 5.41) is 10.5. The minimum Gasteiger partial charge on any atom is -0.465 e. The number of carbonyl (C=O) groups is 2. The third-order valence-electron chi connectivity index (χ3n) is 6.42. The first kappa shape index (κ1) is 23.7. The summed E-state index contributed by atoms with van der Waals surface area (Å²) in [7, 11) is 0. The monoisotopic (exact) mass is 406 g/mol. The largest absolute Gasteiger partial charge is 0.465 e. The normalized spacial score (nSPS) is 23.2. The van der Waals surface area contributed by atoms with Gasteiger partial charge in [0.1, 0.15) is 0 Å². The summed E-state index contributed by atoms with van der Waals surface area (Å²) in [4.78, 5) is 25.6. The Hall–Kier alpha value is -1.62. The fourth-order valence-electron chi connectivity index (χ4n) is 4.79. The molecule has 0 aromatic heterocycles. The van der Waals surface area contributed by atoms with Gasteiger partial charge in [0.15, 0.2) is 5.41 Å². The summed E-state index contributed by atoms with van der Waals surface area (Å²) >= 11 is 0. The molecule has 2 saturated carbocycles. The molecule has 2 fully saturated rings. The Morgan fingerprint density at radius 1 is 1.10 bits per heavy atom. The van der Waals surface area contributed by atoms with Crippen molar-refractivity contribution in [3.8, 4) is 0 Å². The second-order valence-electron chi connectivity index (χ2n) is 8.66. The second-order valence-corrected chi connectivity index (χ2v) is 8.66. The van der Waals surface area contributed by atoms with Crippen molar-refractivity contribution in [2.45, 2.75) is 85.2 Å². The first-order chi connectivity index (χ1) is 13.9. The number of esters is 2. The molecule has 164 valence electrons. The number of hydrogen-bond acceptors (Lipinski definition) is 5. The van der Waals surface area contributed by atoms with Gasteiger partial charge >= 0.3 is 11.9 Å². The van der Waals surface area contributed by atoms with Crippen molar-refractivity contribution in [2.24, 2.45) is 17.3 Å². The topological polar surface area (TPSA) is 72.8 Å². The fraction of sp³-hybridized carbons (Fsp3) is 0.750. The van der Waals surface area contributed by atoms with Crippen molar-refractivity contribution in [1.29, 1.82) is 0 Å². The van der Waals surface area contributed by atoms with Crippen molar-refractivity contribution < 1.29 is 24.2 Å². The molecule has 0 unspecified atom stereocenters. The lowest BCUT2D eigenvalue weighted by Crippen LogP contribution is -2.40. The number of hydrogen-bond donors (Lipinski definition) is 1. The maximum atomic E-state index is 12.8. The summed E-state index contributed by atoms with van der Waals surface area (Å²) in [6.45, 7) is 7.99. The Bertz CT molecular complexity index is 605. The molecule has 2 aliphatic rings. The zero-order chi connectivity index (χ0) is 21.4. The van der Waals surface area contributed by atoms with E-state index in [0.717, 1.165) is 24.0 Å². The van der Waals surface area contributed by atoms with E-state index in [1.165, 1.54) is 19.3 Å². The molecule has 0 aromatic rings. The lowest BCUT2D eigenvalue weighted by atomic mass is 9.83. The van der Waals surface area contributed by atoms with Gasteiger partial charge in [-0.2, -0.15) is 0 Å². The van der Waals surface area contributed by atoms with E-state index in [4.69, 9.17) is 9.47 Å². The van der Waals surface area contributed by atoms with Crippen LogP contribution < -0.4 is 0 Å². The van der Waals surface area contributed by atoms with Gasteiger partial charge in [0.05, 0.1) is 19.3 Å². The molecule has 0 spiro atoms. The maximum Gasteiger partial charge on any atom is 0.323 e. The highest BCUT2D eigenvalue weighted by molar-refractivity contribution is 6.01. The van der Waals surface area contributed by atoms with Gasteiger partial charge in [0.2, 0.25) is 0 Å². The third-order valence-corrected chi connectivity index (χ3v) is 6.42.